The number of morpholine rings is 1. The van der Waals surface area contributed by atoms with Crippen molar-refractivity contribution in [3.63, 3.8) is 0 Å². The lowest BCUT2D eigenvalue weighted by molar-refractivity contribution is -0.146. The number of carboxylic acids is 1. The van der Waals surface area contributed by atoms with Crippen molar-refractivity contribution >= 4 is 34.7 Å². The van der Waals surface area contributed by atoms with Crippen LogP contribution in [0.4, 0.5) is 0 Å². The number of hydrogen-bond acceptors (Lipinski definition) is 5. The molecule has 1 amide bonds. The molecule has 7 nitrogen and oxygen atoms in total. The maximum atomic E-state index is 12.9. The molecule has 3 rings (SSSR count). The minimum atomic E-state index is -0.926. The van der Waals surface area contributed by atoms with Crippen LogP contribution in [0.25, 0.3) is 11.0 Å². The molecule has 1 aliphatic heterocycles. The molecule has 0 aliphatic carbocycles. The van der Waals surface area contributed by atoms with E-state index in [9.17, 15) is 9.59 Å². The minimum absolute atomic E-state index is 0.0972. The molecule has 1 saturated heterocycles. The van der Waals surface area contributed by atoms with Gasteiger partial charge in [0.05, 0.1) is 42.5 Å². The summed E-state index contributed by atoms with van der Waals surface area (Å²) in [5.74, 6) is 0.540. The van der Waals surface area contributed by atoms with Crippen LogP contribution in [0.1, 0.15) is 12.2 Å². The van der Waals surface area contributed by atoms with Gasteiger partial charge in [-0.15, -0.1) is 0 Å². The normalized spacial score (nSPS) is 17.8. The number of aliphatic carboxylic acids is 1. The second-order valence-corrected chi connectivity index (χ2v) is 6.82. The Morgan fingerprint density at radius 1 is 1.40 bits per heavy atom. The molecule has 0 bridgehead atoms. The van der Waals surface area contributed by atoms with Gasteiger partial charge in [0.15, 0.2) is 0 Å². The fourth-order valence-electron chi connectivity index (χ4n) is 3.12. The number of rotatable bonds is 6. The van der Waals surface area contributed by atoms with Gasteiger partial charge in [0.25, 0.3) is 0 Å². The number of para-hydroxylation sites is 2. The quantitative estimate of drug-likeness (QED) is 0.839. The summed E-state index contributed by atoms with van der Waals surface area (Å²) in [4.78, 5) is 30.2. The molecule has 0 spiro atoms. The van der Waals surface area contributed by atoms with E-state index in [-0.39, 0.29) is 25.5 Å². The molecule has 0 saturated carbocycles. The summed E-state index contributed by atoms with van der Waals surface area (Å²) >= 11 is 1.65. The van der Waals surface area contributed by atoms with Crippen LogP contribution < -0.4 is 0 Å². The van der Waals surface area contributed by atoms with E-state index in [4.69, 9.17) is 9.84 Å². The molecule has 0 radical (unpaired) electrons. The molecule has 8 heteroatoms. The third-order valence-corrected chi connectivity index (χ3v) is 4.81. The monoisotopic (exact) mass is 363 g/mol. The number of nitrogens with zero attached hydrogens (tertiary/aromatic N) is 3. The first kappa shape index (κ1) is 17.8. The van der Waals surface area contributed by atoms with Gasteiger partial charge in [-0.1, -0.05) is 12.1 Å². The highest BCUT2D eigenvalue weighted by molar-refractivity contribution is 7.97. The first-order valence-electron chi connectivity index (χ1n) is 8.12. The average molecular weight is 363 g/mol. The Kier molecular flexibility index (Phi) is 5.60. The van der Waals surface area contributed by atoms with Gasteiger partial charge in [-0.2, -0.15) is 11.8 Å². The van der Waals surface area contributed by atoms with Crippen molar-refractivity contribution in [2.24, 2.45) is 0 Å². The molecule has 2 heterocycles. The van der Waals surface area contributed by atoms with Crippen molar-refractivity contribution < 1.29 is 19.4 Å². The van der Waals surface area contributed by atoms with Crippen molar-refractivity contribution in [1.29, 1.82) is 0 Å². The maximum Gasteiger partial charge on any atom is 0.305 e. The highest BCUT2D eigenvalue weighted by Gasteiger charge is 2.29. The van der Waals surface area contributed by atoms with Crippen LogP contribution in [0, 0.1) is 0 Å². The van der Waals surface area contributed by atoms with Crippen LogP contribution in [-0.4, -0.2) is 63.5 Å². The van der Waals surface area contributed by atoms with Gasteiger partial charge in [-0.25, -0.2) is 4.98 Å². The molecule has 1 aromatic carbocycles. The molecular weight excluding hydrogens is 342 g/mol. The number of amides is 1. The number of thioether (sulfide) groups is 1. The Bertz CT molecular complexity index is 776. The number of carbonyl (C=O) groups is 2. The topological polar surface area (TPSA) is 84.7 Å². The van der Waals surface area contributed by atoms with E-state index in [0.29, 0.717) is 18.9 Å². The zero-order chi connectivity index (χ0) is 17.8. The summed E-state index contributed by atoms with van der Waals surface area (Å²) in [6, 6.07) is 7.32. The first-order valence-corrected chi connectivity index (χ1v) is 9.51. The van der Waals surface area contributed by atoms with E-state index in [2.05, 4.69) is 4.98 Å². The number of ether oxygens (including phenoxy) is 1. The van der Waals surface area contributed by atoms with Crippen LogP contribution in [0.3, 0.4) is 0 Å². The Labute approximate surface area is 150 Å². The molecule has 25 heavy (non-hydrogen) atoms. The highest BCUT2D eigenvalue weighted by atomic mass is 32.2. The predicted octanol–water partition coefficient (Wildman–Crippen LogP) is 1.60. The van der Waals surface area contributed by atoms with E-state index in [1.54, 1.807) is 16.7 Å². The smallest absolute Gasteiger partial charge is 0.305 e. The van der Waals surface area contributed by atoms with Gasteiger partial charge in [0, 0.05) is 6.54 Å². The summed E-state index contributed by atoms with van der Waals surface area (Å²) in [7, 11) is 0. The second kappa shape index (κ2) is 7.88. The SMILES string of the molecule is CSCc1nc2ccccc2n1CC(=O)N1CCOCC1CC(=O)O. The summed E-state index contributed by atoms with van der Waals surface area (Å²) in [5.41, 5.74) is 1.78. The number of aromatic nitrogens is 2. The summed E-state index contributed by atoms with van der Waals surface area (Å²) in [6.45, 7) is 1.28. The Balaban J connectivity index is 1.85. The molecule has 1 aliphatic rings. The average Bonchev–Trinajstić information content (AvgIpc) is 2.93. The molecule has 1 atom stereocenters. The zero-order valence-corrected chi connectivity index (χ0v) is 14.9. The van der Waals surface area contributed by atoms with Crippen LogP contribution in [-0.2, 0) is 26.6 Å². The molecule has 1 N–H and O–H groups in total. The minimum Gasteiger partial charge on any atom is -0.481 e. The van der Waals surface area contributed by atoms with Crippen LogP contribution in [0.5, 0.6) is 0 Å². The van der Waals surface area contributed by atoms with E-state index in [0.717, 1.165) is 16.9 Å². The molecule has 1 unspecified atom stereocenters. The third kappa shape index (κ3) is 3.96. The zero-order valence-electron chi connectivity index (χ0n) is 14.1. The molecule has 2 aromatic rings. The Morgan fingerprint density at radius 2 is 2.20 bits per heavy atom. The summed E-state index contributed by atoms with van der Waals surface area (Å²) < 4.78 is 7.28. The molecule has 1 fully saturated rings. The maximum absolute atomic E-state index is 12.9. The molecule has 1 aromatic heterocycles. The standard InChI is InChI=1S/C17H21N3O4S/c1-25-11-15-18-13-4-2-3-5-14(13)20(15)9-16(21)19-6-7-24-10-12(19)8-17(22)23/h2-5,12H,6-11H2,1H3,(H,22,23). The number of hydrogen-bond donors (Lipinski definition) is 1. The van der Waals surface area contributed by atoms with Gasteiger partial charge < -0.3 is 19.3 Å². The van der Waals surface area contributed by atoms with Gasteiger partial charge in [-0.05, 0) is 18.4 Å². The lowest BCUT2D eigenvalue weighted by Crippen LogP contribution is -2.50. The third-order valence-electron chi connectivity index (χ3n) is 4.26. The first-order chi connectivity index (χ1) is 12.1. The highest BCUT2D eigenvalue weighted by Crippen LogP contribution is 2.20. The fourth-order valence-corrected chi connectivity index (χ4v) is 3.60. The fraction of sp³-hybridized carbons (Fsp3) is 0.471. The van der Waals surface area contributed by atoms with E-state index in [1.165, 1.54) is 0 Å². The van der Waals surface area contributed by atoms with E-state index in [1.807, 2.05) is 35.1 Å². The van der Waals surface area contributed by atoms with Crippen LogP contribution in [0.15, 0.2) is 24.3 Å². The lowest BCUT2D eigenvalue weighted by atomic mass is 10.1. The summed E-state index contributed by atoms with van der Waals surface area (Å²) in [6.07, 6.45) is 1.89. The number of benzene rings is 1. The molecular formula is C17H21N3O4S. The van der Waals surface area contributed by atoms with Gasteiger partial charge in [-0.3, -0.25) is 9.59 Å². The van der Waals surface area contributed by atoms with Crippen molar-refractivity contribution in [2.75, 3.05) is 26.0 Å². The van der Waals surface area contributed by atoms with Crippen LogP contribution in [0.2, 0.25) is 0 Å². The Morgan fingerprint density at radius 3 is 2.96 bits per heavy atom. The number of imidazole rings is 1. The van der Waals surface area contributed by atoms with Gasteiger partial charge in [0.2, 0.25) is 5.91 Å². The van der Waals surface area contributed by atoms with E-state index < -0.39 is 12.0 Å². The van der Waals surface area contributed by atoms with Crippen molar-refractivity contribution in [1.82, 2.24) is 14.5 Å². The predicted molar refractivity (Wildman–Crippen MR) is 95.5 cm³/mol. The van der Waals surface area contributed by atoms with Crippen LogP contribution >= 0.6 is 11.8 Å². The largest absolute Gasteiger partial charge is 0.481 e. The summed E-state index contributed by atoms with van der Waals surface area (Å²) in [5, 5.41) is 9.07. The number of fused-ring (bicyclic) bond motifs is 1. The lowest BCUT2D eigenvalue weighted by Gasteiger charge is -2.35. The van der Waals surface area contributed by atoms with E-state index >= 15 is 0 Å². The number of carbonyl (C=O) groups excluding carboxylic acids is 1. The van der Waals surface area contributed by atoms with Gasteiger partial charge in [0.1, 0.15) is 12.4 Å². The second-order valence-electron chi connectivity index (χ2n) is 5.95. The number of carboxylic acid groups (broad SMARTS) is 1. The Hall–Kier alpha value is -2.06. The molecule has 134 valence electrons. The van der Waals surface area contributed by atoms with Crippen molar-refractivity contribution in [2.45, 2.75) is 24.8 Å². The van der Waals surface area contributed by atoms with Gasteiger partial charge >= 0.3 is 5.97 Å². The van der Waals surface area contributed by atoms with Crippen molar-refractivity contribution in [3.8, 4) is 0 Å². The van der Waals surface area contributed by atoms with Crippen molar-refractivity contribution in [3.05, 3.63) is 30.1 Å².